The summed E-state index contributed by atoms with van der Waals surface area (Å²) < 4.78 is 7.79. The smallest absolute Gasteiger partial charge is 0.225 e. The van der Waals surface area contributed by atoms with Crippen LogP contribution in [0.3, 0.4) is 0 Å². The van der Waals surface area contributed by atoms with Crippen molar-refractivity contribution >= 4 is 22.8 Å². The van der Waals surface area contributed by atoms with E-state index in [1.807, 2.05) is 33.7 Å². The highest BCUT2D eigenvalue weighted by Gasteiger charge is 2.41. The Bertz CT molecular complexity index is 802. The number of aryl methyl sites for hydroxylation is 1. The number of hydrogen-bond donors (Lipinski definition) is 0. The van der Waals surface area contributed by atoms with Gasteiger partial charge in [-0.05, 0) is 12.1 Å². The summed E-state index contributed by atoms with van der Waals surface area (Å²) in [6, 6.07) is 7.87. The Labute approximate surface area is 146 Å². The van der Waals surface area contributed by atoms with Crippen molar-refractivity contribution in [1.82, 2.24) is 19.4 Å². The molecule has 2 aliphatic rings. The van der Waals surface area contributed by atoms with Gasteiger partial charge in [-0.3, -0.25) is 9.59 Å². The van der Waals surface area contributed by atoms with E-state index in [-0.39, 0.29) is 24.0 Å². The van der Waals surface area contributed by atoms with Gasteiger partial charge in [-0.15, -0.1) is 0 Å². The van der Waals surface area contributed by atoms with E-state index >= 15 is 0 Å². The van der Waals surface area contributed by atoms with Crippen molar-refractivity contribution in [3.8, 4) is 0 Å². The second kappa shape index (κ2) is 6.48. The fourth-order valence-corrected chi connectivity index (χ4v) is 3.72. The molecular weight excluding hydrogens is 320 g/mol. The molecule has 1 aromatic carbocycles. The Morgan fingerprint density at radius 2 is 2.16 bits per heavy atom. The number of imidazole rings is 1. The van der Waals surface area contributed by atoms with Gasteiger partial charge in [0.2, 0.25) is 11.8 Å². The van der Waals surface area contributed by atoms with Gasteiger partial charge in [0.1, 0.15) is 0 Å². The maximum atomic E-state index is 12.6. The third kappa shape index (κ3) is 3.00. The average Bonchev–Trinajstić information content (AvgIpc) is 3.20. The zero-order chi connectivity index (χ0) is 17.4. The molecule has 0 radical (unpaired) electrons. The van der Waals surface area contributed by atoms with Crippen LogP contribution in [0.2, 0.25) is 0 Å². The molecule has 0 saturated carbocycles. The topological polar surface area (TPSA) is 67.7 Å². The first-order valence-electron chi connectivity index (χ1n) is 8.68. The first-order valence-corrected chi connectivity index (χ1v) is 8.68. The van der Waals surface area contributed by atoms with Crippen LogP contribution in [-0.2, 0) is 20.9 Å². The summed E-state index contributed by atoms with van der Waals surface area (Å²) in [5, 5.41) is 0. The summed E-state index contributed by atoms with van der Waals surface area (Å²) in [6.07, 6.45) is 2.54. The van der Waals surface area contributed by atoms with Crippen LogP contribution < -0.4 is 0 Å². The Kier molecular flexibility index (Phi) is 4.17. The van der Waals surface area contributed by atoms with Crippen LogP contribution in [0.5, 0.6) is 0 Å². The molecule has 4 rings (SSSR count). The number of nitrogens with zero attached hydrogens (tertiary/aromatic N) is 4. The number of rotatable bonds is 3. The zero-order valence-corrected chi connectivity index (χ0v) is 14.3. The number of fused-ring (bicyclic) bond motifs is 2. The summed E-state index contributed by atoms with van der Waals surface area (Å²) in [7, 11) is 1.81. The second-order valence-electron chi connectivity index (χ2n) is 6.71. The van der Waals surface area contributed by atoms with Crippen molar-refractivity contribution < 1.29 is 14.3 Å². The van der Waals surface area contributed by atoms with Crippen LogP contribution in [0, 0.1) is 0 Å². The standard InChI is InChI=1S/C18H22N4O3/c1-20-15-10-22(11-16(15)25-9-7-17(20)23)18(24)6-8-21-12-19-13-4-2-3-5-14(13)21/h2-5,12,15-16H,6-11H2,1H3/t15-,16-/m0/s1. The lowest BCUT2D eigenvalue weighted by Crippen LogP contribution is -2.43. The zero-order valence-electron chi connectivity index (χ0n) is 14.3. The van der Waals surface area contributed by atoms with Crippen LogP contribution in [0.25, 0.3) is 11.0 Å². The Balaban J connectivity index is 1.40. The summed E-state index contributed by atoms with van der Waals surface area (Å²) >= 11 is 0. The molecular formula is C18H22N4O3. The number of carbonyl (C=O) groups excluding carboxylic acids is 2. The van der Waals surface area contributed by atoms with Gasteiger partial charge >= 0.3 is 0 Å². The molecule has 0 spiro atoms. The molecule has 7 nitrogen and oxygen atoms in total. The van der Waals surface area contributed by atoms with Crippen LogP contribution in [0.4, 0.5) is 0 Å². The van der Waals surface area contributed by atoms with Crippen molar-refractivity contribution in [3.63, 3.8) is 0 Å². The predicted octanol–water partition coefficient (Wildman–Crippen LogP) is 0.884. The molecule has 25 heavy (non-hydrogen) atoms. The minimum Gasteiger partial charge on any atom is -0.374 e. The second-order valence-corrected chi connectivity index (χ2v) is 6.71. The third-order valence-corrected chi connectivity index (χ3v) is 5.22. The maximum Gasteiger partial charge on any atom is 0.225 e. The number of likely N-dealkylation sites (tertiary alicyclic amines) is 1. The molecule has 3 heterocycles. The molecule has 7 heteroatoms. The van der Waals surface area contributed by atoms with Crippen molar-refractivity contribution in [3.05, 3.63) is 30.6 Å². The van der Waals surface area contributed by atoms with E-state index in [0.717, 1.165) is 11.0 Å². The van der Waals surface area contributed by atoms with Crippen molar-refractivity contribution in [2.24, 2.45) is 0 Å². The molecule has 2 atom stereocenters. The highest BCUT2D eigenvalue weighted by molar-refractivity contribution is 5.79. The Morgan fingerprint density at radius 3 is 3.04 bits per heavy atom. The van der Waals surface area contributed by atoms with E-state index < -0.39 is 0 Å². The highest BCUT2D eigenvalue weighted by Crippen LogP contribution is 2.23. The summed E-state index contributed by atoms with van der Waals surface area (Å²) in [5.74, 6) is 0.182. The summed E-state index contributed by atoms with van der Waals surface area (Å²) in [4.78, 5) is 32.5. The lowest BCUT2D eigenvalue weighted by molar-refractivity contribution is -0.133. The van der Waals surface area contributed by atoms with Crippen molar-refractivity contribution in [2.75, 3.05) is 26.7 Å². The van der Waals surface area contributed by atoms with E-state index in [2.05, 4.69) is 4.98 Å². The van der Waals surface area contributed by atoms with Gasteiger partial charge in [-0.1, -0.05) is 12.1 Å². The fraction of sp³-hybridized carbons (Fsp3) is 0.500. The number of para-hydroxylation sites is 2. The third-order valence-electron chi connectivity index (χ3n) is 5.22. The fourth-order valence-electron chi connectivity index (χ4n) is 3.72. The van der Waals surface area contributed by atoms with E-state index in [4.69, 9.17) is 4.74 Å². The van der Waals surface area contributed by atoms with E-state index in [0.29, 0.717) is 39.1 Å². The molecule has 2 amide bonds. The predicted molar refractivity (Wildman–Crippen MR) is 91.8 cm³/mol. The van der Waals surface area contributed by atoms with E-state index in [1.54, 1.807) is 18.3 Å². The monoisotopic (exact) mass is 342 g/mol. The Hall–Kier alpha value is -2.41. The van der Waals surface area contributed by atoms with Crippen molar-refractivity contribution in [2.45, 2.75) is 31.5 Å². The van der Waals surface area contributed by atoms with Gasteiger partial charge < -0.3 is 19.1 Å². The van der Waals surface area contributed by atoms with Gasteiger partial charge in [0.15, 0.2) is 0 Å². The van der Waals surface area contributed by atoms with Crippen LogP contribution in [0.15, 0.2) is 30.6 Å². The lowest BCUT2D eigenvalue weighted by atomic mass is 10.2. The number of aromatic nitrogens is 2. The molecule has 2 aliphatic heterocycles. The Morgan fingerprint density at radius 1 is 1.32 bits per heavy atom. The number of carbonyl (C=O) groups is 2. The molecule has 2 fully saturated rings. The van der Waals surface area contributed by atoms with E-state index in [1.165, 1.54) is 0 Å². The minimum absolute atomic E-state index is 0.0342. The first kappa shape index (κ1) is 16.1. The molecule has 2 aromatic rings. The summed E-state index contributed by atoms with van der Waals surface area (Å²) in [5.41, 5.74) is 1.97. The number of benzene rings is 1. The molecule has 0 aliphatic carbocycles. The molecule has 1 aromatic heterocycles. The lowest BCUT2D eigenvalue weighted by Gasteiger charge is -2.25. The number of ether oxygens (including phenoxy) is 1. The maximum absolute atomic E-state index is 12.6. The number of hydrogen-bond acceptors (Lipinski definition) is 4. The number of likely N-dealkylation sites (N-methyl/N-ethyl adjacent to an activating group) is 1. The van der Waals surface area contributed by atoms with Gasteiger partial charge in [-0.2, -0.15) is 0 Å². The molecule has 132 valence electrons. The SMILES string of the molecule is CN1C(=O)CCO[C@H]2CN(C(=O)CCn3cnc4ccccc43)C[C@@H]21. The van der Waals surface area contributed by atoms with Crippen molar-refractivity contribution in [1.29, 1.82) is 0 Å². The van der Waals surface area contributed by atoms with Crippen LogP contribution >= 0.6 is 0 Å². The van der Waals surface area contributed by atoms with Crippen LogP contribution in [-0.4, -0.2) is 70.1 Å². The van der Waals surface area contributed by atoms with Gasteiger partial charge in [0.05, 0.1) is 42.5 Å². The van der Waals surface area contributed by atoms with Crippen LogP contribution in [0.1, 0.15) is 12.8 Å². The first-order chi connectivity index (χ1) is 12.1. The largest absolute Gasteiger partial charge is 0.374 e. The average molecular weight is 342 g/mol. The molecule has 0 N–H and O–H groups in total. The highest BCUT2D eigenvalue weighted by atomic mass is 16.5. The summed E-state index contributed by atoms with van der Waals surface area (Å²) in [6.45, 7) is 2.15. The van der Waals surface area contributed by atoms with Gasteiger partial charge in [0.25, 0.3) is 0 Å². The van der Waals surface area contributed by atoms with E-state index in [9.17, 15) is 9.59 Å². The van der Waals surface area contributed by atoms with Gasteiger partial charge in [-0.25, -0.2) is 4.98 Å². The van der Waals surface area contributed by atoms with Gasteiger partial charge in [0, 0.05) is 33.1 Å². The number of amides is 2. The normalized spacial score (nSPS) is 23.8. The quantitative estimate of drug-likeness (QED) is 0.831. The minimum atomic E-state index is -0.0746. The molecule has 2 saturated heterocycles. The molecule has 0 unspecified atom stereocenters. The molecule has 0 bridgehead atoms.